The summed E-state index contributed by atoms with van der Waals surface area (Å²) in [6.45, 7) is 1.63. The first-order chi connectivity index (χ1) is 11.5. The summed E-state index contributed by atoms with van der Waals surface area (Å²) in [4.78, 5) is 4.18. The smallest absolute Gasteiger partial charge is 0.154 e. The van der Waals surface area contributed by atoms with E-state index in [9.17, 15) is 13.7 Å². The number of hydrogen-bond acceptors (Lipinski definition) is 4. The lowest BCUT2D eigenvalue weighted by Crippen LogP contribution is -2.07. The molecule has 0 aliphatic carbocycles. The van der Waals surface area contributed by atoms with Crippen molar-refractivity contribution in [2.75, 3.05) is 5.75 Å². The largest absolute Gasteiger partial charge is 0.342 e. The summed E-state index contributed by atoms with van der Waals surface area (Å²) in [6, 6.07) is 11.8. The molecular weight excluding hydrogens is 322 g/mol. The average molecular weight is 339 g/mol. The highest BCUT2D eigenvalue weighted by Crippen LogP contribution is 2.32. The minimum Gasteiger partial charge on any atom is -0.342 e. The summed E-state index contributed by atoms with van der Waals surface area (Å²) < 4.78 is 25.7. The van der Waals surface area contributed by atoms with Crippen LogP contribution in [0.1, 0.15) is 18.1 Å². The van der Waals surface area contributed by atoms with Crippen LogP contribution in [0.15, 0.2) is 42.7 Å². The number of hydrogen-bond donors (Lipinski definition) is 0. The van der Waals surface area contributed by atoms with E-state index in [1.165, 1.54) is 0 Å². The van der Waals surface area contributed by atoms with Gasteiger partial charge in [-0.05, 0) is 17.7 Å². The van der Waals surface area contributed by atoms with Crippen LogP contribution in [0.3, 0.4) is 0 Å². The number of fused-ring (bicyclic) bond motifs is 1. The fraction of sp³-hybridized carbons (Fsp3) is 0.222. The molecule has 0 saturated heterocycles. The van der Waals surface area contributed by atoms with Crippen molar-refractivity contribution in [3.8, 4) is 17.3 Å². The van der Waals surface area contributed by atoms with Gasteiger partial charge in [0, 0.05) is 41.7 Å². The van der Waals surface area contributed by atoms with Gasteiger partial charge in [0.2, 0.25) is 0 Å². The second kappa shape index (κ2) is 6.10. The van der Waals surface area contributed by atoms with Crippen LogP contribution in [-0.4, -0.2) is 23.7 Å². The molecule has 5 nitrogen and oxygen atoms in total. The predicted octanol–water partition coefficient (Wildman–Crippen LogP) is 3.05. The summed E-state index contributed by atoms with van der Waals surface area (Å²) in [5, 5.41) is 10.5. The molecule has 0 atom stereocenters. The van der Waals surface area contributed by atoms with Gasteiger partial charge in [-0.15, -0.1) is 0 Å². The number of rotatable bonds is 4. The van der Waals surface area contributed by atoms with Gasteiger partial charge in [0.25, 0.3) is 0 Å². The Hall–Kier alpha value is -2.65. The molecular formula is C18H17N3O2S. The lowest BCUT2D eigenvalue weighted by molar-refractivity contribution is 0.596. The van der Waals surface area contributed by atoms with Crippen LogP contribution < -0.4 is 0 Å². The first kappa shape index (κ1) is 16.2. The fourth-order valence-electron chi connectivity index (χ4n) is 2.90. The average Bonchev–Trinajstić information content (AvgIpc) is 2.87. The second-order valence-corrected chi connectivity index (χ2v) is 8.02. The summed E-state index contributed by atoms with van der Waals surface area (Å²) in [5.41, 5.74) is 3.65. The Morgan fingerprint density at radius 3 is 2.71 bits per heavy atom. The third-order valence-electron chi connectivity index (χ3n) is 4.11. The van der Waals surface area contributed by atoms with Crippen LogP contribution in [-0.2, 0) is 22.6 Å². The van der Waals surface area contributed by atoms with Crippen molar-refractivity contribution in [2.45, 2.75) is 12.7 Å². The first-order valence-electron chi connectivity index (χ1n) is 7.59. The lowest BCUT2D eigenvalue weighted by Gasteiger charge is -2.07. The van der Waals surface area contributed by atoms with Crippen LogP contribution >= 0.6 is 0 Å². The van der Waals surface area contributed by atoms with E-state index in [1.54, 1.807) is 25.4 Å². The van der Waals surface area contributed by atoms with Gasteiger partial charge in [-0.2, -0.15) is 5.26 Å². The molecule has 0 unspecified atom stereocenters. The van der Waals surface area contributed by atoms with Crippen LogP contribution in [0.5, 0.6) is 0 Å². The molecule has 3 aromatic rings. The van der Waals surface area contributed by atoms with Crippen LogP contribution in [0.25, 0.3) is 22.2 Å². The van der Waals surface area contributed by atoms with Gasteiger partial charge in [0.15, 0.2) is 9.84 Å². The van der Waals surface area contributed by atoms with Crippen molar-refractivity contribution in [2.24, 2.45) is 7.05 Å². The van der Waals surface area contributed by atoms with Crippen molar-refractivity contribution < 1.29 is 8.42 Å². The standard InChI is InChI=1S/C18H17N3O2S/c1-3-24(22,23)12-13-8-14(11-20-10-13)18-16(9-19)15-6-4-5-7-17(15)21(18)2/h4-8,10-11H,3,12H2,1-2H3. The molecule has 0 N–H and O–H groups in total. The maximum absolute atomic E-state index is 11.9. The third kappa shape index (κ3) is 2.79. The SMILES string of the molecule is CCS(=O)(=O)Cc1cncc(-c2c(C#N)c3ccccc3n2C)c1. The molecule has 0 spiro atoms. The molecule has 0 saturated carbocycles. The molecule has 24 heavy (non-hydrogen) atoms. The Morgan fingerprint density at radius 1 is 1.25 bits per heavy atom. The van der Waals surface area contributed by atoms with Gasteiger partial charge in [0.1, 0.15) is 6.07 Å². The van der Waals surface area contributed by atoms with Crippen molar-refractivity contribution in [1.29, 1.82) is 5.26 Å². The topological polar surface area (TPSA) is 75.8 Å². The maximum atomic E-state index is 11.9. The van der Waals surface area contributed by atoms with Gasteiger partial charge >= 0.3 is 0 Å². The molecule has 0 radical (unpaired) electrons. The van der Waals surface area contributed by atoms with Crippen LogP contribution in [0.2, 0.25) is 0 Å². The van der Waals surface area contributed by atoms with Gasteiger partial charge in [-0.25, -0.2) is 8.42 Å². The predicted molar refractivity (Wildman–Crippen MR) is 94.0 cm³/mol. The molecule has 0 aliphatic heterocycles. The second-order valence-electron chi connectivity index (χ2n) is 5.67. The zero-order valence-electron chi connectivity index (χ0n) is 13.5. The number of para-hydroxylation sites is 1. The summed E-state index contributed by atoms with van der Waals surface area (Å²) in [5.74, 6) is 0.0465. The molecule has 0 aliphatic rings. The Labute approximate surface area is 141 Å². The van der Waals surface area contributed by atoms with E-state index in [0.29, 0.717) is 11.1 Å². The highest BCUT2D eigenvalue weighted by Gasteiger charge is 2.17. The quantitative estimate of drug-likeness (QED) is 0.732. The van der Waals surface area contributed by atoms with Crippen molar-refractivity contribution >= 4 is 20.7 Å². The molecule has 0 amide bonds. The fourth-order valence-corrected chi connectivity index (χ4v) is 3.77. The van der Waals surface area contributed by atoms with E-state index in [1.807, 2.05) is 35.9 Å². The number of aryl methyl sites for hydroxylation is 1. The Bertz CT molecular complexity index is 1060. The summed E-state index contributed by atoms with van der Waals surface area (Å²) in [6.07, 6.45) is 3.22. The molecule has 3 rings (SSSR count). The van der Waals surface area contributed by atoms with Gasteiger partial charge in [0.05, 0.1) is 17.0 Å². The van der Waals surface area contributed by atoms with E-state index < -0.39 is 9.84 Å². The molecule has 0 fully saturated rings. The highest BCUT2D eigenvalue weighted by atomic mass is 32.2. The minimum absolute atomic E-state index is 0.0455. The molecule has 2 heterocycles. The van der Waals surface area contributed by atoms with Crippen molar-refractivity contribution in [1.82, 2.24) is 9.55 Å². The van der Waals surface area contributed by atoms with Crippen molar-refractivity contribution in [3.63, 3.8) is 0 Å². The monoisotopic (exact) mass is 339 g/mol. The minimum atomic E-state index is -3.13. The lowest BCUT2D eigenvalue weighted by atomic mass is 10.1. The van der Waals surface area contributed by atoms with E-state index in [4.69, 9.17) is 0 Å². The maximum Gasteiger partial charge on any atom is 0.154 e. The normalized spacial score (nSPS) is 11.5. The van der Waals surface area contributed by atoms with E-state index >= 15 is 0 Å². The molecule has 6 heteroatoms. The van der Waals surface area contributed by atoms with E-state index in [-0.39, 0.29) is 11.5 Å². The van der Waals surface area contributed by atoms with E-state index in [0.717, 1.165) is 22.2 Å². The zero-order chi connectivity index (χ0) is 17.3. The summed E-state index contributed by atoms with van der Waals surface area (Å²) >= 11 is 0. The third-order valence-corrected chi connectivity index (χ3v) is 5.77. The zero-order valence-corrected chi connectivity index (χ0v) is 14.3. The van der Waals surface area contributed by atoms with Crippen LogP contribution in [0.4, 0.5) is 0 Å². The number of aromatic nitrogens is 2. The summed E-state index contributed by atoms with van der Waals surface area (Å²) in [7, 11) is -1.24. The molecule has 122 valence electrons. The molecule has 0 bridgehead atoms. The first-order valence-corrected chi connectivity index (χ1v) is 9.41. The number of benzene rings is 1. The number of sulfone groups is 1. The Balaban J connectivity index is 2.19. The Kier molecular flexibility index (Phi) is 4.12. The molecule has 2 aromatic heterocycles. The number of nitrogens with zero attached hydrogens (tertiary/aromatic N) is 3. The van der Waals surface area contributed by atoms with Gasteiger partial charge in [-0.3, -0.25) is 4.98 Å². The van der Waals surface area contributed by atoms with E-state index in [2.05, 4.69) is 11.1 Å². The number of nitriles is 1. The number of pyridine rings is 1. The van der Waals surface area contributed by atoms with Gasteiger partial charge in [-0.1, -0.05) is 25.1 Å². The Morgan fingerprint density at radius 2 is 2.00 bits per heavy atom. The van der Waals surface area contributed by atoms with Crippen LogP contribution in [0, 0.1) is 11.3 Å². The highest BCUT2D eigenvalue weighted by molar-refractivity contribution is 7.90. The molecule has 1 aromatic carbocycles. The van der Waals surface area contributed by atoms with Gasteiger partial charge < -0.3 is 4.57 Å². The van der Waals surface area contributed by atoms with Crippen molar-refractivity contribution in [3.05, 3.63) is 53.9 Å².